The fourth-order valence-corrected chi connectivity index (χ4v) is 3.64. The molecule has 0 fully saturated rings. The van der Waals surface area contributed by atoms with E-state index >= 15 is 0 Å². The molecule has 0 amide bonds. The summed E-state index contributed by atoms with van der Waals surface area (Å²) in [6.07, 6.45) is 0. The molecule has 0 atom stereocenters. The lowest BCUT2D eigenvalue weighted by molar-refractivity contribution is 0.380. The molecule has 0 unspecified atom stereocenters. The Morgan fingerprint density at radius 1 is 1.16 bits per heavy atom. The minimum Gasteiger partial charge on any atom is -0.326 e. The zero-order chi connectivity index (χ0) is 14.5. The second kappa shape index (κ2) is 7.03. The lowest BCUT2D eigenvalue weighted by Gasteiger charge is -2.22. The predicted molar refractivity (Wildman–Crippen MR) is 79.0 cm³/mol. The van der Waals surface area contributed by atoms with Crippen molar-refractivity contribution in [1.29, 1.82) is 0 Å². The Kier molecular flexibility index (Phi) is 5.97. The molecule has 0 saturated carbocycles. The zero-order valence-corrected chi connectivity index (χ0v) is 12.8. The first-order chi connectivity index (χ1) is 8.89. The van der Waals surface area contributed by atoms with Gasteiger partial charge in [0.05, 0.1) is 5.75 Å². The van der Waals surface area contributed by atoms with Crippen LogP contribution in [0.3, 0.4) is 0 Å². The lowest BCUT2D eigenvalue weighted by Crippen LogP contribution is -2.34. The third-order valence-electron chi connectivity index (χ3n) is 2.92. The molecule has 0 aliphatic carbocycles. The van der Waals surface area contributed by atoms with E-state index in [1.807, 2.05) is 45.0 Å². The third-order valence-corrected chi connectivity index (χ3v) is 4.81. The van der Waals surface area contributed by atoms with Gasteiger partial charge in [-0.05, 0) is 17.0 Å². The molecule has 0 aliphatic rings. The Morgan fingerprint density at radius 2 is 1.68 bits per heavy atom. The van der Waals surface area contributed by atoms with Crippen LogP contribution in [-0.4, -0.2) is 25.8 Å². The second-order valence-corrected chi connectivity index (χ2v) is 7.09. The maximum absolute atomic E-state index is 12.3. The minimum atomic E-state index is -3.24. The molecule has 108 valence electrons. The molecule has 0 radical (unpaired) electrons. The summed E-state index contributed by atoms with van der Waals surface area (Å²) in [7, 11) is -3.24. The van der Waals surface area contributed by atoms with Gasteiger partial charge in [0.15, 0.2) is 0 Å². The van der Waals surface area contributed by atoms with E-state index in [9.17, 15) is 8.42 Å². The van der Waals surface area contributed by atoms with Crippen molar-refractivity contribution >= 4 is 10.0 Å². The van der Waals surface area contributed by atoms with Crippen LogP contribution in [0.15, 0.2) is 24.3 Å². The maximum Gasteiger partial charge on any atom is 0.218 e. The molecule has 0 saturated heterocycles. The van der Waals surface area contributed by atoms with Crippen LogP contribution in [0.1, 0.15) is 31.9 Å². The fraction of sp³-hybridized carbons (Fsp3) is 0.571. The van der Waals surface area contributed by atoms with Crippen molar-refractivity contribution in [2.24, 2.45) is 11.7 Å². The van der Waals surface area contributed by atoms with Gasteiger partial charge in [0.2, 0.25) is 10.0 Å². The number of hydrogen-bond acceptors (Lipinski definition) is 3. The highest BCUT2D eigenvalue weighted by molar-refractivity contribution is 7.88. The molecule has 0 bridgehead atoms. The molecule has 4 nitrogen and oxygen atoms in total. The van der Waals surface area contributed by atoms with Gasteiger partial charge < -0.3 is 5.73 Å². The Balaban J connectivity index is 2.82. The van der Waals surface area contributed by atoms with Gasteiger partial charge in [-0.2, -0.15) is 0 Å². The van der Waals surface area contributed by atoms with E-state index in [1.165, 1.54) is 0 Å². The second-order valence-electron chi connectivity index (χ2n) is 5.12. The van der Waals surface area contributed by atoms with Crippen molar-refractivity contribution < 1.29 is 8.42 Å². The summed E-state index contributed by atoms with van der Waals surface area (Å²) in [6.45, 7) is 7.47. The van der Waals surface area contributed by atoms with Gasteiger partial charge in [-0.25, -0.2) is 12.7 Å². The standard InChI is InChI=1S/C14H24N2O2S/c1-4-16(10-12(2)3)19(17,18)11-14-7-5-13(9-15)6-8-14/h5-8,12H,4,9-11,15H2,1-3H3. The average Bonchev–Trinajstić information content (AvgIpc) is 2.36. The minimum absolute atomic E-state index is 0.0540. The van der Waals surface area contributed by atoms with Gasteiger partial charge in [-0.1, -0.05) is 45.0 Å². The van der Waals surface area contributed by atoms with Crippen LogP contribution in [0, 0.1) is 5.92 Å². The topological polar surface area (TPSA) is 63.4 Å². The Bertz CT molecular complexity index is 481. The highest BCUT2D eigenvalue weighted by atomic mass is 32.2. The van der Waals surface area contributed by atoms with Crippen LogP contribution in [0.2, 0.25) is 0 Å². The van der Waals surface area contributed by atoms with Crippen LogP contribution >= 0.6 is 0 Å². The molecule has 0 aliphatic heterocycles. The van der Waals surface area contributed by atoms with E-state index in [0.717, 1.165) is 11.1 Å². The van der Waals surface area contributed by atoms with Gasteiger partial charge in [0.1, 0.15) is 0 Å². The molecular weight excluding hydrogens is 260 g/mol. The van der Waals surface area contributed by atoms with Crippen LogP contribution < -0.4 is 5.73 Å². The van der Waals surface area contributed by atoms with E-state index in [4.69, 9.17) is 5.73 Å². The van der Waals surface area contributed by atoms with Crippen molar-refractivity contribution in [2.45, 2.75) is 33.1 Å². The number of rotatable bonds is 7. The van der Waals surface area contributed by atoms with Crippen molar-refractivity contribution in [1.82, 2.24) is 4.31 Å². The van der Waals surface area contributed by atoms with E-state index < -0.39 is 10.0 Å². The van der Waals surface area contributed by atoms with E-state index in [1.54, 1.807) is 4.31 Å². The Hall–Kier alpha value is -0.910. The third kappa shape index (κ3) is 4.93. The number of benzene rings is 1. The molecule has 0 heterocycles. The molecule has 0 spiro atoms. The highest BCUT2D eigenvalue weighted by Gasteiger charge is 2.21. The summed E-state index contributed by atoms with van der Waals surface area (Å²) in [6, 6.07) is 7.43. The van der Waals surface area contributed by atoms with Gasteiger partial charge in [0, 0.05) is 19.6 Å². The van der Waals surface area contributed by atoms with Crippen molar-refractivity contribution in [3.8, 4) is 0 Å². The lowest BCUT2D eigenvalue weighted by atomic mass is 10.1. The predicted octanol–water partition coefficient (Wildman–Crippen LogP) is 1.95. The average molecular weight is 284 g/mol. The number of sulfonamides is 1. The SMILES string of the molecule is CCN(CC(C)C)S(=O)(=O)Cc1ccc(CN)cc1. The summed E-state index contributed by atoms with van der Waals surface area (Å²) < 4.78 is 26.2. The van der Waals surface area contributed by atoms with Crippen LogP contribution in [0.4, 0.5) is 0 Å². The summed E-state index contributed by atoms with van der Waals surface area (Å²) in [4.78, 5) is 0. The van der Waals surface area contributed by atoms with E-state index in [2.05, 4.69) is 0 Å². The summed E-state index contributed by atoms with van der Waals surface area (Å²) in [5.41, 5.74) is 7.34. The molecule has 5 heteroatoms. The first-order valence-electron chi connectivity index (χ1n) is 6.64. The number of nitrogens with two attached hydrogens (primary N) is 1. The summed E-state index contributed by atoms with van der Waals surface area (Å²) >= 11 is 0. The fourth-order valence-electron chi connectivity index (χ4n) is 1.92. The largest absolute Gasteiger partial charge is 0.326 e. The summed E-state index contributed by atoms with van der Waals surface area (Å²) in [5, 5.41) is 0. The van der Waals surface area contributed by atoms with Gasteiger partial charge in [0.25, 0.3) is 0 Å². The smallest absolute Gasteiger partial charge is 0.218 e. The van der Waals surface area contributed by atoms with Crippen molar-refractivity contribution in [2.75, 3.05) is 13.1 Å². The van der Waals surface area contributed by atoms with Crippen molar-refractivity contribution in [3.63, 3.8) is 0 Å². The van der Waals surface area contributed by atoms with Gasteiger partial charge in [-0.15, -0.1) is 0 Å². The van der Waals surface area contributed by atoms with Crippen molar-refractivity contribution in [3.05, 3.63) is 35.4 Å². The normalized spacial score (nSPS) is 12.3. The first-order valence-corrected chi connectivity index (χ1v) is 8.25. The van der Waals surface area contributed by atoms with Crippen LogP contribution in [0.5, 0.6) is 0 Å². The molecular formula is C14H24N2O2S. The zero-order valence-electron chi connectivity index (χ0n) is 12.0. The molecule has 1 rings (SSSR count). The van der Waals surface area contributed by atoms with Gasteiger partial charge >= 0.3 is 0 Å². The van der Waals surface area contributed by atoms with E-state index in [0.29, 0.717) is 25.6 Å². The molecule has 2 N–H and O–H groups in total. The Labute approximate surface area is 116 Å². The Morgan fingerprint density at radius 3 is 2.11 bits per heavy atom. The summed E-state index contributed by atoms with van der Waals surface area (Å²) in [5.74, 6) is 0.382. The first kappa shape index (κ1) is 16.1. The van der Waals surface area contributed by atoms with E-state index in [-0.39, 0.29) is 5.75 Å². The van der Waals surface area contributed by atoms with Crippen LogP contribution in [0.25, 0.3) is 0 Å². The van der Waals surface area contributed by atoms with Crippen LogP contribution in [-0.2, 0) is 22.3 Å². The molecule has 1 aromatic rings. The number of hydrogen-bond donors (Lipinski definition) is 1. The number of nitrogens with zero attached hydrogens (tertiary/aromatic N) is 1. The maximum atomic E-state index is 12.3. The molecule has 19 heavy (non-hydrogen) atoms. The van der Waals surface area contributed by atoms with Gasteiger partial charge in [-0.3, -0.25) is 0 Å². The monoisotopic (exact) mass is 284 g/mol. The highest BCUT2D eigenvalue weighted by Crippen LogP contribution is 2.13. The molecule has 1 aromatic carbocycles. The quantitative estimate of drug-likeness (QED) is 0.832. The molecule has 0 aromatic heterocycles.